The zero-order valence-electron chi connectivity index (χ0n) is 10.7. The smallest absolute Gasteiger partial charge is 0.300 e. The van der Waals surface area contributed by atoms with Gasteiger partial charge in [0.15, 0.2) is 0 Å². The molecule has 0 radical (unpaired) electrons. The molecule has 19 heavy (non-hydrogen) atoms. The Morgan fingerprint density at radius 1 is 1.37 bits per heavy atom. The first kappa shape index (κ1) is 14.9. The minimum atomic E-state index is -0.634. The van der Waals surface area contributed by atoms with Crippen LogP contribution in [0.2, 0.25) is 0 Å². The highest BCUT2D eigenvalue weighted by Gasteiger charge is 2.14. The number of carbonyl (C=O) groups excluding carboxylic acids is 1. The second-order valence-electron chi connectivity index (χ2n) is 3.89. The molecule has 1 rings (SSSR count). The number of rotatable bonds is 7. The number of benzene rings is 1. The Labute approximate surface area is 111 Å². The van der Waals surface area contributed by atoms with E-state index in [4.69, 9.17) is 4.84 Å². The van der Waals surface area contributed by atoms with Gasteiger partial charge in [-0.05, 0) is 12.5 Å². The summed E-state index contributed by atoms with van der Waals surface area (Å²) in [6.45, 7) is 2.48. The lowest BCUT2D eigenvalue weighted by Gasteiger charge is -2.07. The van der Waals surface area contributed by atoms with Gasteiger partial charge >= 0.3 is 6.03 Å². The predicted molar refractivity (Wildman–Crippen MR) is 70.7 cm³/mol. The number of unbranched alkanes of at least 4 members (excludes halogenated alkanes) is 2. The van der Waals surface area contributed by atoms with Crippen LogP contribution in [0.5, 0.6) is 0 Å². The van der Waals surface area contributed by atoms with E-state index < -0.39 is 11.0 Å². The summed E-state index contributed by atoms with van der Waals surface area (Å²) < 4.78 is 0. The molecule has 2 amide bonds. The molecular formula is C12H17N3O4. The Hall–Kier alpha value is -2.15. The average molecular weight is 267 g/mol. The average Bonchev–Trinajstić information content (AvgIpc) is 2.39. The highest BCUT2D eigenvalue weighted by atomic mass is 16.7. The highest BCUT2D eigenvalue weighted by molar-refractivity contribution is 5.91. The lowest BCUT2D eigenvalue weighted by Crippen LogP contribution is -2.29. The van der Waals surface area contributed by atoms with Crippen molar-refractivity contribution in [2.24, 2.45) is 0 Å². The molecule has 0 bridgehead atoms. The number of anilines is 1. The number of amides is 2. The Morgan fingerprint density at radius 2 is 2.11 bits per heavy atom. The van der Waals surface area contributed by atoms with Crippen LogP contribution in [0.3, 0.4) is 0 Å². The van der Waals surface area contributed by atoms with Gasteiger partial charge in [0.2, 0.25) is 0 Å². The molecule has 0 unspecified atom stereocenters. The van der Waals surface area contributed by atoms with E-state index in [0.29, 0.717) is 6.61 Å². The van der Waals surface area contributed by atoms with E-state index in [-0.39, 0.29) is 11.4 Å². The van der Waals surface area contributed by atoms with Gasteiger partial charge < -0.3 is 5.32 Å². The van der Waals surface area contributed by atoms with E-state index in [1.165, 1.54) is 18.2 Å². The molecule has 0 saturated carbocycles. The lowest BCUT2D eigenvalue weighted by atomic mass is 10.3. The van der Waals surface area contributed by atoms with Crippen molar-refractivity contribution in [2.75, 3.05) is 11.9 Å². The molecule has 2 N–H and O–H groups in total. The summed E-state index contributed by atoms with van der Waals surface area (Å²) in [5.41, 5.74) is 2.15. The van der Waals surface area contributed by atoms with Crippen LogP contribution in [-0.2, 0) is 4.84 Å². The van der Waals surface area contributed by atoms with Gasteiger partial charge in [0.05, 0.1) is 11.5 Å². The maximum absolute atomic E-state index is 11.5. The Morgan fingerprint density at radius 3 is 2.79 bits per heavy atom. The fourth-order valence-corrected chi connectivity index (χ4v) is 1.43. The summed E-state index contributed by atoms with van der Waals surface area (Å²) in [7, 11) is 0. The molecule has 0 atom stereocenters. The molecule has 0 aliphatic carbocycles. The molecular weight excluding hydrogens is 250 g/mol. The number of hydroxylamine groups is 1. The number of hydrogen-bond acceptors (Lipinski definition) is 4. The van der Waals surface area contributed by atoms with Crippen LogP contribution in [-0.4, -0.2) is 17.6 Å². The first-order valence-corrected chi connectivity index (χ1v) is 6.07. The summed E-state index contributed by atoms with van der Waals surface area (Å²) in [5, 5.41) is 13.1. The summed E-state index contributed by atoms with van der Waals surface area (Å²) in [5.74, 6) is 0. The van der Waals surface area contributed by atoms with Gasteiger partial charge in [0.25, 0.3) is 5.69 Å². The van der Waals surface area contributed by atoms with Crippen molar-refractivity contribution < 1.29 is 14.6 Å². The first-order valence-electron chi connectivity index (χ1n) is 6.07. The lowest BCUT2D eigenvalue weighted by molar-refractivity contribution is -0.383. The van der Waals surface area contributed by atoms with Crippen molar-refractivity contribution in [1.29, 1.82) is 0 Å². The topological polar surface area (TPSA) is 93.5 Å². The maximum Gasteiger partial charge on any atom is 0.343 e. The van der Waals surface area contributed by atoms with Crippen LogP contribution in [0.25, 0.3) is 0 Å². The molecule has 7 heteroatoms. The third kappa shape index (κ3) is 5.35. The SMILES string of the molecule is CCCCCONC(=O)Nc1ccccc1[N+](=O)[O-]. The van der Waals surface area contributed by atoms with Gasteiger partial charge in [-0.1, -0.05) is 31.9 Å². The van der Waals surface area contributed by atoms with E-state index in [2.05, 4.69) is 17.7 Å². The van der Waals surface area contributed by atoms with Crippen molar-refractivity contribution in [3.05, 3.63) is 34.4 Å². The van der Waals surface area contributed by atoms with Gasteiger partial charge in [-0.25, -0.2) is 10.3 Å². The summed E-state index contributed by atoms with van der Waals surface area (Å²) in [6.07, 6.45) is 2.93. The monoisotopic (exact) mass is 267 g/mol. The minimum Gasteiger partial charge on any atom is -0.300 e. The van der Waals surface area contributed by atoms with Gasteiger partial charge in [0, 0.05) is 6.07 Å². The Bertz CT molecular complexity index is 437. The molecule has 1 aromatic carbocycles. The number of carbonyl (C=O) groups is 1. The molecule has 7 nitrogen and oxygen atoms in total. The largest absolute Gasteiger partial charge is 0.343 e. The molecule has 0 heterocycles. The number of nitro benzene ring substituents is 1. The molecule has 0 saturated heterocycles. The van der Waals surface area contributed by atoms with Crippen molar-refractivity contribution in [3.8, 4) is 0 Å². The van der Waals surface area contributed by atoms with Gasteiger partial charge in [0.1, 0.15) is 5.69 Å². The Kier molecular flexibility index (Phi) is 6.31. The highest BCUT2D eigenvalue weighted by Crippen LogP contribution is 2.22. The summed E-state index contributed by atoms with van der Waals surface area (Å²) >= 11 is 0. The molecule has 0 aliphatic rings. The standard InChI is InChI=1S/C12H17N3O4/c1-2-3-6-9-19-14-12(16)13-10-7-4-5-8-11(10)15(17)18/h4-5,7-8H,2-3,6,9H2,1H3,(H2,13,14,16). The molecule has 0 aliphatic heterocycles. The third-order valence-electron chi connectivity index (χ3n) is 2.36. The minimum absolute atomic E-state index is 0.127. The fraction of sp³-hybridized carbons (Fsp3) is 0.417. The number of urea groups is 1. The van der Waals surface area contributed by atoms with Gasteiger partial charge in [-0.2, -0.15) is 0 Å². The quantitative estimate of drug-likeness (QED) is 0.451. The Balaban J connectivity index is 2.42. The van der Waals surface area contributed by atoms with Crippen LogP contribution < -0.4 is 10.8 Å². The predicted octanol–water partition coefficient (Wildman–Crippen LogP) is 2.84. The van der Waals surface area contributed by atoms with Crippen molar-refractivity contribution in [1.82, 2.24) is 5.48 Å². The fourth-order valence-electron chi connectivity index (χ4n) is 1.43. The van der Waals surface area contributed by atoms with Crippen molar-refractivity contribution >= 4 is 17.4 Å². The second kappa shape index (κ2) is 8.04. The summed E-state index contributed by atoms with van der Waals surface area (Å²) in [6, 6.07) is 5.27. The maximum atomic E-state index is 11.5. The number of para-hydroxylation sites is 2. The van der Waals surface area contributed by atoms with E-state index in [1.54, 1.807) is 6.07 Å². The van der Waals surface area contributed by atoms with Crippen LogP contribution in [0.15, 0.2) is 24.3 Å². The van der Waals surface area contributed by atoms with E-state index >= 15 is 0 Å². The van der Waals surface area contributed by atoms with Gasteiger partial charge in [-0.15, -0.1) is 0 Å². The van der Waals surface area contributed by atoms with E-state index in [0.717, 1.165) is 19.3 Å². The van der Waals surface area contributed by atoms with Crippen LogP contribution >= 0.6 is 0 Å². The van der Waals surface area contributed by atoms with E-state index in [9.17, 15) is 14.9 Å². The second-order valence-corrected chi connectivity index (χ2v) is 3.89. The van der Waals surface area contributed by atoms with Crippen LogP contribution in [0.4, 0.5) is 16.2 Å². The third-order valence-corrected chi connectivity index (χ3v) is 2.36. The molecule has 1 aromatic rings. The van der Waals surface area contributed by atoms with Crippen molar-refractivity contribution in [2.45, 2.75) is 26.2 Å². The zero-order valence-corrected chi connectivity index (χ0v) is 10.7. The van der Waals surface area contributed by atoms with Crippen LogP contribution in [0.1, 0.15) is 26.2 Å². The first-order chi connectivity index (χ1) is 9.15. The number of nitrogens with one attached hydrogen (secondary N) is 2. The van der Waals surface area contributed by atoms with Crippen LogP contribution in [0, 0.1) is 10.1 Å². The van der Waals surface area contributed by atoms with Crippen molar-refractivity contribution in [3.63, 3.8) is 0 Å². The number of hydrogen-bond donors (Lipinski definition) is 2. The number of nitro groups is 1. The zero-order chi connectivity index (χ0) is 14.1. The summed E-state index contributed by atoms with van der Waals surface area (Å²) in [4.78, 5) is 26.6. The molecule has 0 aromatic heterocycles. The molecule has 0 fully saturated rings. The van der Waals surface area contributed by atoms with E-state index in [1.807, 2.05) is 0 Å². The normalized spacial score (nSPS) is 9.95. The van der Waals surface area contributed by atoms with Gasteiger partial charge in [-0.3, -0.25) is 15.0 Å². The molecule has 104 valence electrons. The molecule has 0 spiro atoms. The number of nitrogens with zero attached hydrogens (tertiary/aromatic N) is 1.